The topological polar surface area (TPSA) is 70.5 Å². The fraction of sp³-hybridized carbons (Fsp3) is 0.618. The van der Waals surface area contributed by atoms with Gasteiger partial charge in [0, 0.05) is 54.6 Å². The molecule has 2 amide bonds. The molecule has 0 bridgehead atoms. The molecule has 0 spiro atoms. The van der Waals surface area contributed by atoms with Crippen molar-refractivity contribution in [2.24, 2.45) is 5.92 Å². The van der Waals surface area contributed by atoms with Crippen molar-refractivity contribution in [3.05, 3.63) is 52.0 Å². The van der Waals surface area contributed by atoms with Gasteiger partial charge in [-0.1, -0.05) is 59.4 Å². The SMILES string of the molecule is CCC(C)C1CN(C2CCCCC2)CCN1C(=O)CNC(=O)c1ccc2c(c1)nc(Cc1cccs1)n2C(CC)CC. The van der Waals surface area contributed by atoms with Gasteiger partial charge in [-0.2, -0.15) is 0 Å². The van der Waals surface area contributed by atoms with Gasteiger partial charge in [-0.05, 0) is 61.2 Å². The van der Waals surface area contributed by atoms with E-state index >= 15 is 0 Å². The van der Waals surface area contributed by atoms with Crippen molar-refractivity contribution in [2.75, 3.05) is 26.2 Å². The average Bonchev–Trinajstić information content (AvgIpc) is 3.67. The predicted molar refractivity (Wildman–Crippen MR) is 172 cm³/mol. The summed E-state index contributed by atoms with van der Waals surface area (Å²) in [6, 6.07) is 11.2. The number of hydrogen-bond acceptors (Lipinski definition) is 5. The number of piperazine rings is 1. The Bertz CT molecular complexity index is 1330. The highest BCUT2D eigenvalue weighted by Crippen LogP contribution is 2.29. The van der Waals surface area contributed by atoms with E-state index < -0.39 is 0 Å². The van der Waals surface area contributed by atoms with E-state index in [1.807, 2.05) is 23.1 Å². The summed E-state index contributed by atoms with van der Waals surface area (Å²) < 4.78 is 2.36. The molecule has 1 saturated heterocycles. The molecule has 1 saturated carbocycles. The van der Waals surface area contributed by atoms with Gasteiger partial charge < -0.3 is 14.8 Å². The van der Waals surface area contributed by atoms with Crippen LogP contribution in [0.5, 0.6) is 0 Å². The van der Waals surface area contributed by atoms with Crippen LogP contribution in [0.15, 0.2) is 35.7 Å². The number of carbonyl (C=O) groups is 2. The lowest BCUT2D eigenvalue weighted by Crippen LogP contribution is -2.60. The number of thiophene rings is 1. The van der Waals surface area contributed by atoms with Crippen LogP contribution in [0.25, 0.3) is 11.0 Å². The molecule has 1 aromatic carbocycles. The Labute approximate surface area is 255 Å². The first-order chi connectivity index (χ1) is 20.4. The smallest absolute Gasteiger partial charge is 0.251 e. The monoisotopic (exact) mass is 591 g/mol. The Morgan fingerprint density at radius 2 is 1.83 bits per heavy atom. The molecule has 3 heterocycles. The number of carbonyl (C=O) groups excluding carboxylic acids is 2. The molecular formula is C34H49N5O2S. The van der Waals surface area contributed by atoms with Gasteiger partial charge in [0.1, 0.15) is 5.82 Å². The summed E-state index contributed by atoms with van der Waals surface area (Å²) >= 11 is 1.75. The van der Waals surface area contributed by atoms with E-state index in [0.717, 1.165) is 62.2 Å². The van der Waals surface area contributed by atoms with E-state index in [1.165, 1.54) is 37.0 Å². The quantitative estimate of drug-likeness (QED) is 0.270. The molecule has 1 N–H and O–H groups in total. The Kier molecular flexibility index (Phi) is 10.4. The number of imidazole rings is 1. The maximum atomic E-state index is 13.5. The van der Waals surface area contributed by atoms with Gasteiger partial charge in [0.15, 0.2) is 0 Å². The molecule has 7 nitrogen and oxygen atoms in total. The summed E-state index contributed by atoms with van der Waals surface area (Å²) in [6.07, 6.45) is 10.4. The molecule has 0 radical (unpaired) electrons. The molecule has 1 aliphatic carbocycles. The van der Waals surface area contributed by atoms with Crippen LogP contribution in [0.2, 0.25) is 0 Å². The molecule has 2 aliphatic rings. The minimum absolute atomic E-state index is 0.0225. The third kappa shape index (κ3) is 6.75. The summed E-state index contributed by atoms with van der Waals surface area (Å²) in [7, 11) is 0. The third-order valence-electron chi connectivity index (χ3n) is 9.81. The van der Waals surface area contributed by atoms with Crippen molar-refractivity contribution in [3.63, 3.8) is 0 Å². The van der Waals surface area contributed by atoms with Gasteiger partial charge in [0.05, 0.1) is 17.6 Å². The molecule has 2 unspecified atom stereocenters. The number of benzene rings is 1. The largest absolute Gasteiger partial charge is 0.343 e. The zero-order valence-electron chi connectivity index (χ0n) is 26.0. The van der Waals surface area contributed by atoms with Gasteiger partial charge in [-0.25, -0.2) is 4.98 Å². The van der Waals surface area contributed by atoms with Crippen LogP contribution in [-0.4, -0.2) is 69.4 Å². The molecule has 42 heavy (non-hydrogen) atoms. The van der Waals surface area contributed by atoms with E-state index in [2.05, 4.69) is 60.0 Å². The minimum atomic E-state index is -0.219. The van der Waals surface area contributed by atoms with Gasteiger partial charge in [0.25, 0.3) is 5.91 Å². The maximum absolute atomic E-state index is 13.5. The fourth-order valence-corrected chi connectivity index (χ4v) is 7.78. The normalized spacial score (nSPS) is 19.5. The standard InChI is InChI=1S/C34H49N5O2S/c1-5-24(4)31-23-37(27-12-9-8-10-13-27)17-18-38(31)33(40)22-35-34(41)25-15-16-30-29(20-25)36-32(21-28-14-11-19-42-28)39(30)26(6-2)7-3/h11,14-16,19-20,24,26-27,31H,5-10,12-13,17-18,21-23H2,1-4H3,(H,35,41). The highest BCUT2D eigenvalue weighted by Gasteiger charge is 2.36. The van der Waals surface area contributed by atoms with Crippen molar-refractivity contribution >= 4 is 34.2 Å². The van der Waals surface area contributed by atoms with Crippen LogP contribution >= 0.6 is 11.3 Å². The summed E-state index contributed by atoms with van der Waals surface area (Å²) in [5.74, 6) is 1.27. The van der Waals surface area contributed by atoms with Crippen LogP contribution in [0, 0.1) is 5.92 Å². The lowest BCUT2D eigenvalue weighted by atomic mass is 9.90. The summed E-state index contributed by atoms with van der Waals surface area (Å²) in [5, 5.41) is 5.04. The second-order valence-corrected chi connectivity index (χ2v) is 13.4. The Balaban J connectivity index is 1.27. The van der Waals surface area contributed by atoms with E-state index in [4.69, 9.17) is 4.98 Å². The zero-order valence-corrected chi connectivity index (χ0v) is 26.8. The Morgan fingerprint density at radius 3 is 2.52 bits per heavy atom. The number of fused-ring (bicyclic) bond motifs is 1. The first-order valence-electron chi connectivity index (χ1n) is 16.3. The number of hydrogen-bond donors (Lipinski definition) is 1. The molecule has 2 aromatic heterocycles. The molecular weight excluding hydrogens is 542 g/mol. The average molecular weight is 592 g/mol. The highest BCUT2D eigenvalue weighted by atomic mass is 32.1. The predicted octanol–water partition coefficient (Wildman–Crippen LogP) is 6.67. The molecule has 1 aliphatic heterocycles. The summed E-state index contributed by atoms with van der Waals surface area (Å²) in [4.78, 5) is 37.7. The number of rotatable bonds is 11. The minimum Gasteiger partial charge on any atom is -0.343 e. The first-order valence-corrected chi connectivity index (χ1v) is 17.2. The lowest BCUT2D eigenvalue weighted by Gasteiger charge is -2.47. The summed E-state index contributed by atoms with van der Waals surface area (Å²) in [5.41, 5.74) is 2.45. The first kappa shape index (κ1) is 30.7. The lowest BCUT2D eigenvalue weighted by molar-refractivity contribution is -0.137. The zero-order chi connectivity index (χ0) is 29.6. The molecule has 2 fully saturated rings. The molecule has 2 atom stereocenters. The van der Waals surface area contributed by atoms with Crippen molar-refractivity contribution in [1.82, 2.24) is 24.7 Å². The third-order valence-corrected chi connectivity index (χ3v) is 10.7. The van der Waals surface area contributed by atoms with E-state index in [9.17, 15) is 9.59 Å². The number of nitrogens with one attached hydrogen (secondary N) is 1. The van der Waals surface area contributed by atoms with Crippen LogP contribution in [-0.2, 0) is 11.2 Å². The van der Waals surface area contributed by atoms with Gasteiger partial charge >= 0.3 is 0 Å². The van der Waals surface area contributed by atoms with Crippen LogP contribution in [0.1, 0.15) is 106 Å². The van der Waals surface area contributed by atoms with E-state index in [-0.39, 0.29) is 24.4 Å². The van der Waals surface area contributed by atoms with Crippen molar-refractivity contribution in [3.8, 4) is 0 Å². The number of nitrogens with zero attached hydrogens (tertiary/aromatic N) is 4. The molecule has 5 rings (SSSR count). The Morgan fingerprint density at radius 1 is 1.05 bits per heavy atom. The van der Waals surface area contributed by atoms with Crippen molar-refractivity contribution in [2.45, 2.75) is 104 Å². The van der Waals surface area contributed by atoms with E-state index in [0.29, 0.717) is 23.6 Å². The van der Waals surface area contributed by atoms with E-state index in [1.54, 1.807) is 11.3 Å². The summed E-state index contributed by atoms with van der Waals surface area (Å²) in [6.45, 7) is 11.6. The van der Waals surface area contributed by atoms with Gasteiger partial charge in [-0.15, -0.1) is 11.3 Å². The second kappa shape index (κ2) is 14.2. The Hall–Kier alpha value is -2.71. The van der Waals surface area contributed by atoms with Crippen LogP contribution in [0.4, 0.5) is 0 Å². The molecule has 3 aromatic rings. The fourth-order valence-electron chi connectivity index (χ4n) is 7.08. The van der Waals surface area contributed by atoms with Gasteiger partial charge in [0.2, 0.25) is 5.91 Å². The van der Waals surface area contributed by atoms with Crippen LogP contribution in [0.3, 0.4) is 0 Å². The van der Waals surface area contributed by atoms with Crippen molar-refractivity contribution in [1.29, 1.82) is 0 Å². The maximum Gasteiger partial charge on any atom is 0.251 e. The van der Waals surface area contributed by atoms with Gasteiger partial charge in [-0.3, -0.25) is 14.5 Å². The second-order valence-electron chi connectivity index (χ2n) is 12.3. The number of amides is 2. The number of aromatic nitrogens is 2. The molecule has 228 valence electrons. The van der Waals surface area contributed by atoms with Crippen LogP contribution < -0.4 is 5.32 Å². The van der Waals surface area contributed by atoms with Crippen molar-refractivity contribution < 1.29 is 9.59 Å². The highest BCUT2D eigenvalue weighted by molar-refractivity contribution is 7.09. The molecule has 8 heteroatoms.